The molecule has 9 nitrogen and oxygen atoms in total. The molecule has 0 aliphatic heterocycles. The third-order valence-electron chi connectivity index (χ3n) is 2.19. The van der Waals surface area contributed by atoms with Crippen molar-refractivity contribution >= 4 is 17.8 Å². The fraction of sp³-hybridized carbons (Fsp3) is 0.182. The topological polar surface area (TPSA) is 131 Å². The molecule has 0 radical (unpaired) electrons. The van der Waals surface area contributed by atoms with E-state index in [2.05, 4.69) is 30.7 Å². The second-order valence-corrected chi connectivity index (χ2v) is 3.70. The van der Waals surface area contributed by atoms with Gasteiger partial charge in [0.1, 0.15) is 5.69 Å². The zero-order chi connectivity index (χ0) is 14.4. The summed E-state index contributed by atoms with van der Waals surface area (Å²) in [5, 5.41) is 25.7. The van der Waals surface area contributed by atoms with Gasteiger partial charge in [0, 0.05) is 12.6 Å². The van der Waals surface area contributed by atoms with E-state index in [-0.39, 0.29) is 24.6 Å². The molecule has 2 aromatic rings. The monoisotopic (exact) mass is 274 g/mol. The Morgan fingerprint density at radius 1 is 1.10 bits per heavy atom. The van der Waals surface area contributed by atoms with Gasteiger partial charge in [-0.15, -0.1) is 20.4 Å². The Morgan fingerprint density at radius 3 is 2.45 bits per heavy atom. The smallest absolute Gasteiger partial charge is 0.303 e. The van der Waals surface area contributed by atoms with Crippen molar-refractivity contribution in [3.05, 3.63) is 24.4 Å². The molecule has 0 aliphatic rings. The van der Waals surface area contributed by atoms with Gasteiger partial charge in [-0.1, -0.05) is 6.07 Å². The fourth-order valence-corrected chi connectivity index (χ4v) is 1.28. The van der Waals surface area contributed by atoms with Gasteiger partial charge in [0.15, 0.2) is 0 Å². The molecule has 20 heavy (non-hydrogen) atoms. The number of hydrogen-bond donors (Lipinski definition) is 2. The summed E-state index contributed by atoms with van der Waals surface area (Å²) in [7, 11) is 0. The number of carbonyl (C=O) groups excluding carboxylic acids is 1. The lowest BCUT2D eigenvalue weighted by Crippen LogP contribution is -2.16. The van der Waals surface area contributed by atoms with Crippen LogP contribution in [-0.2, 0) is 9.59 Å². The van der Waals surface area contributed by atoms with E-state index in [0.717, 1.165) is 0 Å². The summed E-state index contributed by atoms with van der Waals surface area (Å²) < 4.78 is 0. The summed E-state index contributed by atoms with van der Waals surface area (Å²) in [6, 6.07) is 5.22. The molecule has 0 unspecified atom stereocenters. The third kappa shape index (κ3) is 3.77. The molecule has 9 heteroatoms. The number of aromatic nitrogens is 5. The van der Waals surface area contributed by atoms with Crippen molar-refractivity contribution in [3.63, 3.8) is 0 Å². The maximum atomic E-state index is 11.3. The Balaban J connectivity index is 1.98. The molecule has 2 aromatic heterocycles. The number of hydrogen-bond acceptors (Lipinski definition) is 7. The highest BCUT2D eigenvalue weighted by molar-refractivity contribution is 5.90. The predicted molar refractivity (Wildman–Crippen MR) is 66.4 cm³/mol. The van der Waals surface area contributed by atoms with E-state index in [0.29, 0.717) is 5.69 Å². The van der Waals surface area contributed by atoms with Crippen LogP contribution in [0.2, 0.25) is 0 Å². The van der Waals surface area contributed by atoms with Crippen molar-refractivity contribution in [2.24, 2.45) is 0 Å². The quantitative estimate of drug-likeness (QED) is 0.786. The molecule has 2 heterocycles. The summed E-state index contributed by atoms with van der Waals surface area (Å²) in [6.07, 6.45) is 1.15. The minimum Gasteiger partial charge on any atom is -0.481 e. The Labute approximate surface area is 113 Å². The SMILES string of the molecule is O=C(O)CCC(=O)Nc1nnc(-c2ccccn2)nn1. The van der Waals surface area contributed by atoms with Crippen molar-refractivity contribution in [1.82, 2.24) is 25.4 Å². The number of anilines is 1. The van der Waals surface area contributed by atoms with Gasteiger partial charge in [-0.05, 0) is 12.1 Å². The van der Waals surface area contributed by atoms with Gasteiger partial charge >= 0.3 is 5.97 Å². The van der Waals surface area contributed by atoms with Gasteiger partial charge in [-0.25, -0.2) is 0 Å². The van der Waals surface area contributed by atoms with Crippen LogP contribution < -0.4 is 5.32 Å². The standard InChI is InChI=1S/C11H10N6O3/c18-8(4-5-9(19)20)13-11-16-14-10(15-17-11)7-3-1-2-6-12-7/h1-3,6H,4-5H2,(H,19,20)(H,13,16,17,18). The average Bonchev–Trinajstić information content (AvgIpc) is 2.47. The largest absolute Gasteiger partial charge is 0.481 e. The van der Waals surface area contributed by atoms with Crippen LogP contribution in [0.5, 0.6) is 0 Å². The van der Waals surface area contributed by atoms with E-state index in [1.54, 1.807) is 24.4 Å². The number of nitrogens with one attached hydrogen (secondary N) is 1. The molecule has 0 bridgehead atoms. The molecule has 2 N–H and O–H groups in total. The molecule has 0 saturated carbocycles. The number of aliphatic carboxylic acids is 1. The van der Waals surface area contributed by atoms with Crippen LogP contribution in [0.25, 0.3) is 11.5 Å². The van der Waals surface area contributed by atoms with Crippen molar-refractivity contribution < 1.29 is 14.7 Å². The van der Waals surface area contributed by atoms with Crippen LogP contribution in [-0.4, -0.2) is 42.4 Å². The van der Waals surface area contributed by atoms with Crippen LogP contribution in [0.4, 0.5) is 5.95 Å². The molecule has 0 atom stereocenters. The molecule has 1 amide bonds. The molecule has 102 valence electrons. The van der Waals surface area contributed by atoms with Gasteiger partial charge in [-0.3, -0.25) is 19.9 Å². The summed E-state index contributed by atoms with van der Waals surface area (Å²) >= 11 is 0. The van der Waals surface area contributed by atoms with Crippen LogP contribution in [0.3, 0.4) is 0 Å². The lowest BCUT2D eigenvalue weighted by molar-refractivity contribution is -0.138. The zero-order valence-electron chi connectivity index (χ0n) is 10.2. The molecule has 2 rings (SSSR count). The van der Waals surface area contributed by atoms with E-state index < -0.39 is 11.9 Å². The highest BCUT2D eigenvalue weighted by Crippen LogP contribution is 2.08. The number of carbonyl (C=O) groups is 2. The number of pyridine rings is 1. The second kappa shape index (κ2) is 6.27. The molecular formula is C11H10N6O3. The van der Waals surface area contributed by atoms with Gasteiger partial charge in [0.05, 0.1) is 6.42 Å². The Kier molecular flexibility index (Phi) is 4.22. The van der Waals surface area contributed by atoms with Crippen molar-refractivity contribution in [2.45, 2.75) is 12.8 Å². The first-order valence-corrected chi connectivity index (χ1v) is 5.65. The normalized spacial score (nSPS) is 10.0. The van der Waals surface area contributed by atoms with E-state index in [1.807, 2.05) is 0 Å². The van der Waals surface area contributed by atoms with Crippen LogP contribution >= 0.6 is 0 Å². The van der Waals surface area contributed by atoms with Crippen molar-refractivity contribution in [2.75, 3.05) is 5.32 Å². The first-order chi connectivity index (χ1) is 9.65. The summed E-state index contributed by atoms with van der Waals surface area (Å²) in [5.74, 6) is -1.42. The summed E-state index contributed by atoms with van der Waals surface area (Å²) in [4.78, 5) is 25.7. The number of nitrogens with zero attached hydrogens (tertiary/aromatic N) is 5. The number of carboxylic acids is 1. The predicted octanol–water partition coefficient (Wildman–Crippen LogP) is 0.132. The summed E-state index contributed by atoms with van der Waals surface area (Å²) in [5.41, 5.74) is 0.510. The van der Waals surface area contributed by atoms with Crippen LogP contribution in [0.1, 0.15) is 12.8 Å². The third-order valence-corrected chi connectivity index (χ3v) is 2.19. The lowest BCUT2D eigenvalue weighted by Gasteiger charge is -2.01. The average molecular weight is 274 g/mol. The fourth-order valence-electron chi connectivity index (χ4n) is 1.28. The number of carboxylic acid groups (broad SMARTS) is 1. The first kappa shape index (κ1) is 13.5. The van der Waals surface area contributed by atoms with E-state index in [1.165, 1.54) is 0 Å². The Bertz CT molecular complexity index is 601. The summed E-state index contributed by atoms with van der Waals surface area (Å²) in [6.45, 7) is 0. The van der Waals surface area contributed by atoms with Crippen LogP contribution in [0, 0.1) is 0 Å². The molecule has 0 saturated heterocycles. The van der Waals surface area contributed by atoms with Gasteiger partial charge in [0.25, 0.3) is 5.95 Å². The molecule has 0 aliphatic carbocycles. The zero-order valence-corrected chi connectivity index (χ0v) is 10.2. The lowest BCUT2D eigenvalue weighted by atomic mass is 10.3. The molecule has 0 aromatic carbocycles. The molecule has 0 spiro atoms. The number of amides is 1. The second-order valence-electron chi connectivity index (χ2n) is 3.70. The maximum Gasteiger partial charge on any atom is 0.303 e. The van der Waals surface area contributed by atoms with E-state index in [9.17, 15) is 9.59 Å². The van der Waals surface area contributed by atoms with E-state index in [4.69, 9.17) is 5.11 Å². The Morgan fingerprint density at radius 2 is 1.85 bits per heavy atom. The molecular weight excluding hydrogens is 264 g/mol. The number of rotatable bonds is 5. The van der Waals surface area contributed by atoms with Crippen LogP contribution in [0.15, 0.2) is 24.4 Å². The van der Waals surface area contributed by atoms with Gasteiger partial charge < -0.3 is 5.11 Å². The van der Waals surface area contributed by atoms with E-state index >= 15 is 0 Å². The maximum absolute atomic E-state index is 11.3. The van der Waals surface area contributed by atoms with Gasteiger partial charge in [-0.2, -0.15) is 0 Å². The van der Waals surface area contributed by atoms with Gasteiger partial charge in [0.2, 0.25) is 11.7 Å². The highest BCUT2D eigenvalue weighted by atomic mass is 16.4. The van der Waals surface area contributed by atoms with Crippen molar-refractivity contribution in [3.8, 4) is 11.5 Å². The van der Waals surface area contributed by atoms with Crippen molar-refractivity contribution in [1.29, 1.82) is 0 Å². The minimum absolute atomic E-state index is 0.0833. The highest BCUT2D eigenvalue weighted by Gasteiger charge is 2.09. The molecule has 0 fully saturated rings. The first-order valence-electron chi connectivity index (χ1n) is 5.65. The Hall–Kier alpha value is -2.97. The minimum atomic E-state index is -1.05.